The molecule has 0 radical (unpaired) electrons. The van der Waals surface area contributed by atoms with Crippen LogP contribution in [-0.2, 0) is 51.9 Å². The third-order valence-electron chi connectivity index (χ3n) is 5.63. The molecule has 1 aromatic heterocycles. The van der Waals surface area contributed by atoms with Gasteiger partial charge in [0, 0.05) is 12.7 Å². The molecule has 7 heteroatoms. The van der Waals surface area contributed by atoms with E-state index in [4.69, 9.17) is 14.2 Å². The average Bonchev–Trinajstić information content (AvgIpc) is 3.13. The summed E-state index contributed by atoms with van der Waals surface area (Å²) < 4.78 is 17.6. The maximum atomic E-state index is 13.3. The Morgan fingerprint density at radius 1 is 0.743 bits per heavy atom. The van der Waals surface area contributed by atoms with Crippen molar-refractivity contribution in [3.05, 3.63) is 94.3 Å². The van der Waals surface area contributed by atoms with Crippen LogP contribution >= 0.6 is 0 Å². The predicted octanol–water partition coefficient (Wildman–Crippen LogP) is 4.45. The van der Waals surface area contributed by atoms with Crippen molar-refractivity contribution in [2.24, 2.45) is 7.05 Å². The van der Waals surface area contributed by atoms with Gasteiger partial charge in [-0.3, -0.25) is 4.79 Å². The van der Waals surface area contributed by atoms with Crippen molar-refractivity contribution >= 4 is 17.9 Å². The van der Waals surface area contributed by atoms with Gasteiger partial charge in [-0.15, -0.1) is 0 Å². The molecule has 0 aliphatic heterocycles. The average molecular weight is 478 g/mol. The van der Waals surface area contributed by atoms with Crippen LogP contribution in [-0.4, -0.2) is 35.7 Å². The number of nitrogens with zero attached hydrogens (tertiary/aromatic N) is 1. The van der Waals surface area contributed by atoms with Gasteiger partial charge in [0.05, 0.1) is 25.2 Å². The van der Waals surface area contributed by atoms with E-state index in [2.05, 4.69) is 0 Å². The van der Waals surface area contributed by atoms with Crippen LogP contribution in [0.15, 0.2) is 60.7 Å². The lowest BCUT2D eigenvalue weighted by atomic mass is 9.99. The summed E-state index contributed by atoms with van der Waals surface area (Å²) in [6.07, 6.45) is 0.822. The highest BCUT2D eigenvalue weighted by Crippen LogP contribution is 2.27. The van der Waals surface area contributed by atoms with Gasteiger partial charge in [0.25, 0.3) is 0 Å². The van der Waals surface area contributed by atoms with Crippen LogP contribution in [0.4, 0.5) is 0 Å². The first-order valence-electron chi connectivity index (χ1n) is 11.7. The van der Waals surface area contributed by atoms with Crippen molar-refractivity contribution in [1.29, 1.82) is 0 Å². The molecule has 1 heterocycles. The summed E-state index contributed by atoms with van der Waals surface area (Å²) in [5, 5.41) is 0. The van der Waals surface area contributed by atoms with Gasteiger partial charge in [0.1, 0.15) is 12.3 Å². The fourth-order valence-corrected chi connectivity index (χ4v) is 4.01. The van der Waals surface area contributed by atoms with Gasteiger partial charge < -0.3 is 18.8 Å². The summed E-state index contributed by atoms with van der Waals surface area (Å²) in [7, 11) is 1.66. The van der Waals surface area contributed by atoms with Crippen LogP contribution in [0.2, 0.25) is 0 Å². The Morgan fingerprint density at radius 3 is 1.94 bits per heavy atom. The molecule has 0 atom stereocenters. The lowest BCUT2D eigenvalue weighted by Gasteiger charge is -2.10. The van der Waals surface area contributed by atoms with Crippen LogP contribution in [0.1, 0.15) is 57.1 Å². The smallest absolute Gasteiger partial charge is 0.355 e. The number of carbonyl (C=O) groups is 3. The molecule has 7 nitrogen and oxygen atoms in total. The second-order valence-corrected chi connectivity index (χ2v) is 7.96. The molecular formula is C28H31NO6. The van der Waals surface area contributed by atoms with Gasteiger partial charge in [-0.25, -0.2) is 9.59 Å². The standard InChI is InChI=1S/C28H31NO6/c1-4-33-24(30)18-23-25(27(31)34-5-2)22(17-16-20-12-8-6-9-13-20)26(29(23)3)28(32)35-19-21-14-10-7-11-15-21/h6-15H,4-5,16-19H2,1-3H3. The first-order valence-corrected chi connectivity index (χ1v) is 11.7. The molecule has 0 aliphatic rings. The topological polar surface area (TPSA) is 83.8 Å². The summed E-state index contributed by atoms with van der Waals surface area (Å²) in [4.78, 5) is 38.8. The molecule has 184 valence electrons. The maximum absolute atomic E-state index is 13.3. The van der Waals surface area contributed by atoms with E-state index in [1.165, 1.54) is 0 Å². The fraction of sp³-hybridized carbons (Fsp3) is 0.321. The minimum Gasteiger partial charge on any atom is -0.466 e. The molecule has 0 N–H and O–H groups in total. The number of rotatable bonds is 11. The third-order valence-corrected chi connectivity index (χ3v) is 5.63. The Bertz CT molecular complexity index is 1150. The van der Waals surface area contributed by atoms with E-state index in [0.29, 0.717) is 24.1 Å². The van der Waals surface area contributed by atoms with Crippen LogP contribution < -0.4 is 0 Å². The second-order valence-electron chi connectivity index (χ2n) is 7.96. The number of ether oxygens (including phenoxy) is 3. The largest absolute Gasteiger partial charge is 0.466 e. The maximum Gasteiger partial charge on any atom is 0.355 e. The van der Waals surface area contributed by atoms with Gasteiger partial charge in [0.15, 0.2) is 0 Å². The first-order chi connectivity index (χ1) is 17.0. The zero-order valence-electron chi connectivity index (χ0n) is 20.4. The highest BCUT2D eigenvalue weighted by Gasteiger charge is 2.31. The SMILES string of the molecule is CCOC(=O)Cc1c(C(=O)OCC)c(CCc2ccccc2)c(C(=O)OCc2ccccc2)n1C. The Kier molecular flexibility index (Phi) is 9.23. The molecular weight excluding hydrogens is 446 g/mol. The van der Waals surface area contributed by atoms with E-state index in [9.17, 15) is 14.4 Å². The highest BCUT2D eigenvalue weighted by molar-refractivity contribution is 6.00. The predicted molar refractivity (Wildman–Crippen MR) is 131 cm³/mol. The molecule has 2 aromatic carbocycles. The molecule has 0 unspecified atom stereocenters. The van der Waals surface area contributed by atoms with Crippen molar-refractivity contribution in [3.63, 3.8) is 0 Å². The zero-order chi connectivity index (χ0) is 25.2. The molecule has 35 heavy (non-hydrogen) atoms. The van der Waals surface area contributed by atoms with Crippen LogP contribution in [0.3, 0.4) is 0 Å². The van der Waals surface area contributed by atoms with Gasteiger partial charge in [-0.05, 0) is 43.4 Å². The van der Waals surface area contributed by atoms with Crippen LogP contribution in [0.5, 0.6) is 0 Å². The van der Waals surface area contributed by atoms with E-state index in [0.717, 1.165) is 11.1 Å². The Morgan fingerprint density at radius 2 is 1.34 bits per heavy atom. The molecule has 0 fully saturated rings. The fourth-order valence-electron chi connectivity index (χ4n) is 4.01. The molecule has 3 aromatic rings. The molecule has 0 amide bonds. The summed E-state index contributed by atoms with van der Waals surface area (Å²) in [5.74, 6) is -1.63. The number of hydrogen-bond acceptors (Lipinski definition) is 6. The molecule has 0 saturated heterocycles. The molecule has 0 saturated carbocycles. The van der Waals surface area contributed by atoms with Crippen molar-refractivity contribution in [3.8, 4) is 0 Å². The van der Waals surface area contributed by atoms with Crippen LogP contribution in [0, 0.1) is 0 Å². The number of carbonyl (C=O) groups excluding carboxylic acids is 3. The van der Waals surface area contributed by atoms with E-state index < -0.39 is 17.9 Å². The first kappa shape index (κ1) is 25.7. The van der Waals surface area contributed by atoms with Gasteiger partial charge in [-0.2, -0.15) is 0 Å². The van der Waals surface area contributed by atoms with Crippen molar-refractivity contribution < 1.29 is 28.6 Å². The summed E-state index contributed by atoms with van der Waals surface area (Å²) in [6, 6.07) is 19.1. The minimum atomic E-state index is -0.576. The van der Waals surface area contributed by atoms with Gasteiger partial charge in [-0.1, -0.05) is 60.7 Å². The van der Waals surface area contributed by atoms with E-state index in [-0.39, 0.29) is 37.5 Å². The Hall–Kier alpha value is -3.87. The molecule has 0 spiro atoms. The Labute approximate surface area is 205 Å². The van der Waals surface area contributed by atoms with Crippen LogP contribution in [0.25, 0.3) is 0 Å². The van der Waals surface area contributed by atoms with Gasteiger partial charge >= 0.3 is 17.9 Å². The van der Waals surface area contributed by atoms with Crippen molar-refractivity contribution in [1.82, 2.24) is 4.57 Å². The van der Waals surface area contributed by atoms with Crippen molar-refractivity contribution in [2.45, 2.75) is 39.7 Å². The lowest BCUT2D eigenvalue weighted by molar-refractivity contribution is -0.142. The van der Waals surface area contributed by atoms with E-state index in [1.54, 1.807) is 25.5 Å². The van der Waals surface area contributed by atoms with E-state index >= 15 is 0 Å². The second kappa shape index (κ2) is 12.6. The number of hydrogen-bond donors (Lipinski definition) is 0. The monoisotopic (exact) mass is 477 g/mol. The normalized spacial score (nSPS) is 10.6. The third kappa shape index (κ3) is 6.59. The molecule has 3 rings (SSSR count). The summed E-state index contributed by atoms with van der Waals surface area (Å²) in [6.45, 7) is 3.89. The quantitative estimate of drug-likeness (QED) is 0.300. The number of benzene rings is 2. The lowest BCUT2D eigenvalue weighted by Crippen LogP contribution is -2.16. The van der Waals surface area contributed by atoms with E-state index in [1.807, 2.05) is 60.7 Å². The number of aromatic nitrogens is 1. The summed E-state index contributed by atoms with van der Waals surface area (Å²) in [5.41, 5.74) is 3.24. The zero-order valence-corrected chi connectivity index (χ0v) is 20.4. The molecule has 0 aliphatic carbocycles. The Balaban J connectivity index is 2.03. The number of aryl methyl sites for hydroxylation is 1. The minimum absolute atomic E-state index is 0.0882. The molecule has 0 bridgehead atoms. The summed E-state index contributed by atoms with van der Waals surface area (Å²) >= 11 is 0. The number of esters is 3. The highest BCUT2D eigenvalue weighted by atomic mass is 16.5. The van der Waals surface area contributed by atoms with Crippen molar-refractivity contribution in [2.75, 3.05) is 13.2 Å². The van der Waals surface area contributed by atoms with Gasteiger partial charge in [0.2, 0.25) is 0 Å².